The predicted octanol–water partition coefficient (Wildman–Crippen LogP) is -4.26. The Hall–Kier alpha value is -4.78. The molecule has 0 saturated carbocycles. The molecule has 254 valence electrons. The van der Waals surface area contributed by atoms with E-state index in [0.29, 0.717) is 11.4 Å². The molecular weight excluding hydrogens is 620 g/mol. The molecule has 5 heterocycles. The van der Waals surface area contributed by atoms with Crippen LogP contribution in [0.1, 0.15) is 17.1 Å². The van der Waals surface area contributed by atoms with Gasteiger partial charge in [0, 0.05) is 47.5 Å². The molecule has 18 nitrogen and oxygen atoms in total. The average Bonchev–Trinajstić information content (AvgIpc) is 3.39. The van der Waals surface area contributed by atoms with E-state index < -0.39 is 71.1 Å². The predicted molar refractivity (Wildman–Crippen MR) is 166 cm³/mol. The lowest BCUT2D eigenvalue weighted by Crippen LogP contribution is -2.46. The Morgan fingerprint density at radius 1 is 0.468 bits per heavy atom. The van der Waals surface area contributed by atoms with Gasteiger partial charge in [-0.05, 0) is 20.8 Å². The lowest BCUT2D eigenvalue weighted by atomic mass is 10.3. The van der Waals surface area contributed by atoms with Gasteiger partial charge >= 0.3 is 11.4 Å². The zero-order valence-electron chi connectivity index (χ0n) is 26.2. The van der Waals surface area contributed by atoms with Crippen molar-refractivity contribution in [3.8, 4) is 0 Å². The largest absolute Gasteiger partial charge is 0.389 e. The Balaban J connectivity index is 1.59. The van der Waals surface area contributed by atoms with E-state index in [2.05, 4.69) is 0 Å². The summed E-state index contributed by atoms with van der Waals surface area (Å²) in [6.07, 6.45) is -4.14. The molecule has 4 atom stereocenters. The van der Waals surface area contributed by atoms with Crippen molar-refractivity contribution < 1.29 is 20.4 Å². The second kappa shape index (κ2) is 13.1. The van der Waals surface area contributed by atoms with Gasteiger partial charge in [0.15, 0.2) is 0 Å². The molecule has 4 aromatic rings. The molecule has 47 heavy (non-hydrogen) atoms. The van der Waals surface area contributed by atoms with E-state index in [9.17, 15) is 49.2 Å². The zero-order chi connectivity index (χ0) is 34.3. The molecule has 18 heteroatoms. The summed E-state index contributed by atoms with van der Waals surface area (Å²) < 4.78 is 8.90. The number of nitrogens with zero attached hydrogens (tertiary/aromatic N) is 8. The van der Waals surface area contributed by atoms with Crippen LogP contribution in [-0.2, 0) is 52.4 Å². The highest BCUT2D eigenvalue weighted by Crippen LogP contribution is 2.06. The van der Waals surface area contributed by atoms with Crippen LogP contribution in [0.2, 0.25) is 0 Å². The van der Waals surface area contributed by atoms with Gasteiger partial charge in [-0.2, -0.15) is 0 Å². The number of hydrogen-bond acceptors (Lipinski definition) is 10. The summed E-state index contributed by atoms with van der Waals surface area (Å²) in [5.74, 6) is 0. The third-order valence-electron chi connectivity index (χ3n) is 8.32. The quantitative estimate of drug-likeness (QED) is 0.142. The maximum Gasteiger partial charge on any atom is 0.331 e. The highest BCUT2D eigenvalue weighted by Gasteiger charge is 2.22. The lowest BCUT2D eigenvalue weighted by Gasteiger charge is -2.23. The van der Waals surface area contributed by atoms with Gasteiger partial charge in [-0.1, -0.05) is 0 Å². The van der Waals surface area contributed by atoms with Crippen LogP contribution < -0.4 is 33.6 Å². The van der Waals surface area contributed by atoms with Crippen LogP contribution in [0.15, 0.2) is 59.2 Å². The van der Waals surface area contributed by atoms with Gasteiger partial charge in [-0.15, -0.1) is 0 Å². The molecule has 0 aliphatic carbocycles. The van der Waals surface area contributed by atoms with Gasteiger partial charge in [0.25, 0.3) is 22.2 Å². The first kappa shape index (κ1) is 33.6. The SMILES string of the molecule is Cc1cc(=O)n2c(=O)n1CC(O)Cn1c(=O)cc(C)n1CC(O)Cn1c(=O)ccn(c1=O)CC(O)Cn1c(C)cc(=O)n1CC(O)C2. The number of hydrogen-bond donors (Lipinski definition) is 4. The fourth-order valence-corrected chi connectivity index (χ4v) is 6.00. The van der Waals surface area contributed by atoms with E-state index in [1.54, 1.807) is 13.8 Å². The van der Waals surface area contributed by atoms with Crippen molar-refractivity contribution >= 4 is 0 Å². The standard InChI is InChI=1S/C29H38N8O10/c1-17-6-25(43)33-12-23(41)16-37-27(45)7-18(2)34(37)13-20(38)9-30-5-4-24(42)32(28(30)46)11-22(40)14-35-19(3)8-26(44)36(35)15-21(39)10-31(17)29(33)47/h4-8,20-23,38-41H,9-16H2,1-3H3. The molecular formula is C29H38N8O10. The summed E-state index contributed by atoms with van der Waals surface area (Å²) >= 11 is 0. The number of aliphatic hydroxyl groups is 4. The van der Waals surface area contributed by atoms with Crippen molar-refractivity contribution in [1.29, 1.82) is 0 Å². The average molecular weight is 659 g/mol. The number of aromatic nitrogens is 8. The van der Waals surface area contributed by atoms with E-state index in [0.717, 1.165) is 33.7 Å². The van der Waals surface area contributed by atoms with E-state index in [1.807, 2.05) is 0 Å². The fourth-order valence-electron chi connectivity index (χ4n) is 6.00. The maximum atomic E-state index is 13.4. The van der Waals surface area contributed by atoms with Crippen molar-refractivity contribution in [3.05, 3.63) is 110 Å². The molecule has 4 aromatic heterocycles. The van der Waals surface area contributed by atoms with Crippen LogP contribution in [0.3, 0.4) is 0 Å². The molecule has 5 rings (SSSR count). The Bertz CT molecular complexity index is 2160. The molecule has 0 saturated heterocycles. The van der Waals surface area contributed by atoms with Crippen molar-refractivity contribution in [2.45, 2.75) is 97.5 Å². The molecule has 0 radical (unpaired) electrons. The van der Waals surface area contributed by atoms with Crippen LogP contribution in [0, 0.1) is 20.8 Å². The molecule has 4 unspecified atom stereocenters. The van der Waals surface area contributed by atoms with Gasteiger partial charge in [0.2, 0.25) is 0 Å². The maximum absolute atomic E-state index is 13.4. The first-order valence-electron chi connectivity index (χ1n) is 15.0. The van der Waals surface area contributed by atoms with E-state index in [1.165, 1.54) is 40.7 Å². The van der Waals surface area contributed by atoms with Gasteiger partial charge in [-0.3, -0.25) is 46.8 Å². The van der Waals surface area contributed by atoms with Crippen LogP contribution in [-0.4, -0.2) is 81.8 Å². The Labute approximate surface area is 265 Å². The van der Waals surface area contributed by atoms with E-state index >= 15 is 0 Å². The highest BCUT2D eigenvalue weighted by atomic mass is 16.3. The van der Waals surface area contributed by atoms with E-state index in [4.69, 9.17) is 0 Å². The normalized spacial score (nSPS) is 21.3. The highest BCUT2D eigenvalue weighted by molar-refractivity contribution is 5.03. The second-order valence-electron chi connectivity index (χ2n) is 12.0. The van der Waals surface area contributed by atoms with Crippen LogP contribution in [0.4, 0.5) is 0 Å². The molecule has 4 N–H and O–H groups in total. The first-order valence-corrected chi connectivity index (χ1v) is 15.0. The van der Waals surface area contributed by atoms with Gasteiger partial charge in [0.1, 0.15) is 0 Å². The Morgan fingerprint density at radius 2 is 0.872 bits per heavy atom. The number of rotatable bonds is 0. The Kier molecular flexibility index (Phi) is 9.39. The number of fused-ring (bicyclic) bond motifs is 6. The first-order chi connectivity index (χ1) is 22.1. The summed E-state index contributed by atoms with van der Waals surface area (Å²) in [4.78, 5) is 77.8. The summed E-state index contributed by atoms with van der Waals surface area (Å²) in [7, 11) is 0. The summed E-state index contributed by atoms with van der Waals surface area (Å²) in [5.41, 5.74) is -2.98. The minimum absolute atomic E-state index is 0.200. The van der Waals surface area contributed by atoms with Gasteiger partial charge < -0.3 is 20.4 Å². The molecule has 1 aliphatic rings. The topological polar surface area (TPSA) is 223 Å². The molecule has 0 amide bonds. The Morgan fingerprint density at radius 3 is 1.38 bits per heavy atom. The molecule has 1 aliphatic heterocycles. The number of aliphatic hydroxyl groups excluding tert-OH is 4. The molecule has 4 bridgehead atoms. The van der Waals surface area contributed by atoms with Crippen LogP contribution >= 0.6 is 0 Å². The van der Waals surface area contributed by atoms with Gasteiger partial charge in [-0.25, -0.2) is 19.0 Å². The summed E-state index contributed by atoms with van der Waals surface area (Å²) in [6.45, 7) is 2.01. The van der Waals surface area contributed by atoms with Crippen LogP contribution in [0.5, 0.6) is 0 Å². The third kappa shape index (κ3) is 6.85. The van der Waals surface area contributed by atoms with Crippen molar-refractivity contribution in [1.82, 2.24) is 37.0 Å². The third-order valence-corrected chi connectivity index (χ3v) is 8.32. The van der Waals surface area contributed by atoms with Crippen molar-refractivity contribution in [2.75, 3.05) is 0 Å². The van der Waals surface area contributed by atoms with E-state index in [-0.39, 0.29) is 45.0 Å². The van der Waals surface area contributed by atoms with Gasteiger partial charge in [0.05, 0.1) is 76.8 Å². The lowest BCUT2D eigenvalue weighted by molar-refractivity contribution is 0.0905. The van der Waals surface area contributed by atoms with Crippen molar-refractivity contribution in [2.24, 2.45) is 0 Å². The monoisotopic (exact) mass is 658 g/mol. The number of aryl methyl sites for hydroxylation is 3. The molecule has 0 spiro atoms. The summed E-state index contributed by atoms with van der Waals surface area (Å²) in [5, 5.41) is 43.9. The summed E-state index contributed by atoms with van der Waals surface area (Å²) in [6, 6.07) is 4.85. The van der Waals surface area contributed by atoms with Crippen LogP contribution in [0.25, 0.3) is 0 Å². The smallest absolute Gasteiger partial charge is 0.331 e. The zero-order valence-corrected chi connectivity index (χ0v) is 26.2. The molecule has 0 aromatic carbocycles. The molecule has 0 fully saturated rings. The fraction of sp³-hybridized carbons (Fsp3) is 0.517. The minimum Gasteiger partial charge on any atom is -0.389 e. The minimum atomic E-state index is -1.41. The van der Waals surface area contributed by atoms with Crippen molar-refractivity contribution in [3.63, 3.8) is 0 Å². The second-order valence-corrected chi connectivity index (χ2v) is 12.0.